The van der Waals surface area contributed by atoms with Crippen LogP contribution in [0.4, 0.5) is 5.00 Å². The van der Waals surface area contributed by atoms with E-state index in [4.69, 9.17) is 9.47 Å². The number of thiophene rings is 1. The van der Waals surface area contributed by atoms with Gasteiger partial charge in [-0.25, -0.2) is 4.79 Å². The highest BCUT2D eigenvalue weighted by Crippen LogP contribution is 2.36. The number of rotatable bonds is 6. The Kier molecular flexibility index (Phi) is 7.04. The number of aryl methyl sites for hydroxylation is 1. The fourth-order valence-electron chi connectivity index (χ4n) is 3.18. The number of methoxy groups -OCH3 is 1. The second kappa shape index (κ2) is 9.89. The number of esters is 1. The summed E-state index contributed by atoms with van der Waals surface area (Å²) in [5.74, 6) is -0.341. The van der Waals surface area contributed by atoms with Gasteiger partial charge in [-0.3, -0.25) is 4.79 Å². The molecule has 0 unspecified atom stereocenters. The molecule has 0 fully saturated rings. The number of anilines is 1. The number of nitrogens with one attached hydrogen (secondary N) is 1. The van der Waals surface area contributed by atoms with Gasteiger partial charge in [-0.05, 0) is 55.0 Å². The Labute approximate surface area is 173 Å². The number of amides is 1. The number of nitrogens with zero attached hydrogens (tertiary/aromatic N) is 1. The fourth-order valence-corrected chi connectivity index (χ4v) is 4.43. The molecule has 1 aromatic carbocycles. The molecule has 1 aliphatic carbocycles. The van der Waals surface area contributed by atoms with Gasteiger partial charge in [0.1, 0.15) is 16.8 Å². The molecule has 29 heavy (non-hydrogen) atoms. The van der Waals surface area contributed by atoms with Gasteiger partial charge in [0.15, 0.2) is 6.61 Å². The van der Waals surface area contributed by atoms with Gasteiger partial charge in [0.25, 0.3) is 5.91 Å². The van der Waals surface area contributed by atoms with Crippen molar-refractivity contribution in [2.45, 2.75) is 32.1 Å². The van der Waals surface area contributed by atoms with Crippen LogP contribution < -0.4 is 10.1 Å². The molecule has 1 amide bonds. The van der Waals surface area contributed by atoms with Crippen LogP contribution in [0.5, 0.6) is 5.75 Å². The van der Waals surface area contributed by atoms with E-state index in [1.165, 1.54) is 22.3 Å². The van der Waals surface area contributed by atoms with Crippen LogP contribution in [0.1, 0.15) is 40.8 Å². The van der Waals surface area contributed by atoms with Gasteiger partial charge < -0.3 is 14.8 Å². The molecule has 1 N–H and O–H groups in total. The van der Waals surface area contributed by atoms with Crippen molar-refractivity contribution in [3.05, 3.63) is 51.9 Å². The van der Waals surface area contributed by atoms with Gasteiger partial charge in [-0.15, -0.1) is 11.3 Å². The third-order valence-corrected chi connectivity index (χ3v) is 5.87. The summed E-state index contributed by atoms with van der Waals surface area (Å²) in [4.78, 5) is 25.2. The molecule has 6 nitrogen and oxygen atoms in total. The number of hydrogen-bond acceptors (Lipinski definition) is 6. The van der Waals surface area contributed by atoms with Gasteiger partial charge in [0, 0.05) is 11.0 Å². The maximum atomic E-state index is 12.2. The number of carbonyl (C=O) groups is 2. The predicted molar refractivity (Wildman–Crippen MR) is 112 cm³/mol. The third-order valence-electron chi connectivity index (χ3n) is 4.66. The SMILES string of the molecule is COc1ccc(/C=C/C(=O)OCC(=O)Nc2sc3c(c2C#N)CCCCC3)cc1. The zero-order valence-corrected chi connectivity index (χ0v) is 17.0. The lowest BCUT2D eigenvalue weighted by atomic mass is 10.1. The van der Waals surface area contributed by atoms with Gasteiger partial charge in [-0.1, -0.05) is 18.6 Å². The molecule has 150 valence electrons. The smallest absolute Gasteiger partial charge is 0.331 e. The van der Waals surface area contributed by atoms with Crippen LogP contribution in [0.15, 0.2) is 30.3 Å². The molecule has 0 saturated carbocycles. The van der Waals surface area contributed by atoms with E-state index < -0.39 is 18.5 Å². The normalized spacial score (nSPS) is 13.2. The van der Waals surface area contributed by atoms with Crippen molar-refractivity contribution >= 4 is 34.3 Å². The molecule has 1 aromatic heterocycles. The Hall–Kier alpha value is -3.11. The molecule has 0 aliphatic heterocycles. The number of benzene rings is 1. The monoisotopic (exact) mass is 410 g/mol. The van der Waals surface area contributed by atoms with Crippen molar-refractivity contribution in [2.24, 2.45) is 0 Å². The Balaban J connectivity index is 1.54. The molecule has 0 atom stereocenters. The first-order chi connectivity index (χ1) is 14.1. The first kappa shape index (κ1) is 20.6. The molecular weight excluding hydrogens is 388 g/mol. The largest absolute Gasteiger partial charge is 0.497 e. The molecule has 0 spiro atoms. The van der Waals surface area contributed by atoms with Crippen molar-refractivity contribution in [1.82, 2.24) is 0 Å². The fraction of sp³-hybridized carbons (Fsp3) is 0.318. The van der Waals surface area contributed by atoms with Crippen LogP contribution in [0.3, 0.4) is 0 Å². The van der Waals surface area contributed by atoms with Crippen LogP contribution in [0, 0.1) is 11.3 Å². The average molecular weight is 410 g/mol. The second-order valence-electron chi connectivity index (χ2n) is 6.64. The van der Waals surface area contributed by atoms with E-state index in [0.29, 0.717) is 10.6 Å². The Bertz CT molecular complexity index is 954. The summed E-state index contributed by atoms with van der Waals surface area (Å²) in [7, 11) is 1.58. The van der Waals surface area contributed by atoms with Crippen LogP contribution >= 0.6 is 11.3 Å². The quantitative estimate of drug-likeness (QED) is 0.440. The number of ether oxygens (including phenoxy) is 2. The van der Waals surface area contributed by atoms with E-state index in [-0.39, 0.29) is 0 Å². The highest BCUT2D eigenvalue weighted by Gasteiger charge is 2.21. The lowest BCUT2D eigenvalue weighted by Gasteiger charge is -2.04. The van der Waals surface area contributed by atoms with E-state index in [0.717, 1.165) is 49.0 Å². The summed E-state index contributed by atoms with van der Waals surface area (Å²) >= 11 is 1.45. The molecular formula is C22H22N2O4S. The summed E-state index contributed by atoms with van der Waals surface area (Å²) < 4.78 is 10.1. The summed E-state index contributed by atoms with van der Waals surface area (Å²) in [6, 6.07) is 9.40. The predicted octanol–water partition coefficient (Wildman–Crippen LogP) is 4.09. The topological polar surface area (TPSA) is 88.4 Å². The minimum absolute atomic E-state index is 0.404. The van der Waals surface area contributed by atoms with Gasteiger partial charge in [-0.2, -0.15) is 5.26 Å². The highest BCUT2D eigenvalue weighted by molar-refractivity contribution is 7.16. The highest BCUT2D eigenvalue weighted by atomic mass is 32.1. The van der Waals surface area contributed by atoms with Crippen molar-refractivity contribution < 1.29 is 19.1 Å². The first-order valence-electron chi connectivity index (χ1n) is 9.44. The second-order valence-corrected chi connectivity index (χ2v) is 7.75. The molecule has 1 aliphatic rings. The Morgan fingerprint density at radius 2 is 1.97 bits per heavy atom. The molecule has 3 rings (SSSR count). The minimum Gasteiger partial charge on any atom is -0.497 e. The van der Waals surface area contributed by atoms with Crippen LogP contribution in [-0.4, -0.2) is 25.6 Å². The van der Waals surface area contributed by atoms with E-state index in [2.05, 4.69) is 11.4 Å². The zero-order valence-electron chi connectivity index (χ0n) is 16.2. The van der Waals surface area contributed by atoms with Crippen molar-refractivity contribution in [2.75, 3.05) is 19.0 Å². The van der Waals surface area contributed by atoms with Gasteiger partial charge in [0.05, 0.1) is 12.7 Å². The molecule has 0 saturated heterocycles. The van der Waals surface area contributed by atoms with Crippen LogP contribution in [-0.2, 0) is 27.2 Å². The van der Waals surface area contributed by atoms with Gasteiger partial charge in [0.2, 0.25) is 0 Å². The number of hydrogen-bond donors (Lipinski definition) is 1. The van der Waals surface area contributed by atoms with E-state index in [1.807, 2.05) is 0 Å². The van der Waals surface area contributed by atoms with Crippen LogP contribution in [0.25, 0.3) is 6.08 Å². The van der Waals surface area contributed by atoms with Gasteiger partial charge >= 0.3 is 5.97 Å². The molecule has 1 heterocycles. The van der Waals surface area contributed by atoms with Crippen molar-refractivity contribution in [1.29, 1.82) is 5.26 Å². The van der Waals surface area contributed by atoms with Crippen LogP contribution in [0.2, 0.25) is 0 Å². The lowest BCUT2D eigenvalue weighted by Crippen LogP contribution is -2.20. The maximum Gasteiger partial charge on any atom is 0.331 e. The summed E-state index contributed by atoms with van der Waals surface area (Å²) in [5, 5.41) is 12.8. The molecule has 7 heteroatoms. The number of nitriles is 1. The van der Waals surface area contributed by atoms with E-state index >= 15 is 0 Å². The minimum atomic E-state index is -0.613. The average Bonchev–Trinajstić information content (AvgIpc) is 2.89. The number of carbonyl (C=O) groups excluding carboxylic acids is 2. The standard InChI is InChI=1S/C22H22N2O4S/c1-27-16-10-7-15(8-11-16)9-12-21(26)28-14-20(25)24-22-18(13-23)17-5-3-2-4-6-19(17)29-22/h7-12H,2-6,14H2,1H3,(H,24,25)/b12-9+. The summed E-state index contributed by atoms with van der Waals surface area (Å²) in [6.07, 6.45) is 8.00. The molecule has 0 radical (unpaired) electrons. The van der Waals surface area contributed by atoms with E-state index in [9.17, 15) is 14.9 Å². The molecule has 0 bridgehead atoms. The maximum absolute atomic E-state index is 12.2. The lowest BCUT2D eigenvalue weighted by molar-refractivity contribution is -0.142. The van der Waals surface area contributed by atoms with E-state index in [1.54, 1.807) is 37.5 Å². The number of fused-ring (bicyclic) bond motifs is 1. The summed E-state index contributed by atoms with van der Waals surface area (Å²) in [5.41, 5.74) is 2.42. The summed E-state index contributed by atoms with van der Waals surface area (Å²) in [6.45, 7) is -0.404. The Morgan fingerprint density at radius 3 is 2.69 bits per heavy atom. The first-order valence-corrected chi connectivity index (χ1v) is 10.3. The van der Waals surface area contributed by atoms with Crippen molar-refractivity contribution in [3.63, 3.8) is 0 Å². The molecule has 2 aromatic rings. The third kappa shape index (κ3) is 5.46. The van der Waals surface area contributed by atoms with Crippen molar-refractivity contribution in [3.8, 4) is 11.8 Å². The zero-order chi connectivity index (χ0) is 20.6. The Morgan fingerprint density at radius 1 is 1.21 bits per heavy atom.